The Hall–Kier alpha value is -0.800. The van der Waals surface area contributed by atoms with Crippen molar-refractivity contribution in [2.75, 3.05) is 13.1 Å². The Morgan fingerprint density at radius 2 is 1.95 bits per heavy atom. The fourth-order valence-electron chi connectivity index (χ4n) is 2.92. The second-order valence-corrected chi connectivity index (χ2v) is 6.81. The summed E-state index contributed by atoms with van der Waals surface area (Å²) < 4.78 is 5.69. The van der Waals surface area contributed by atoms with Crippen LogP contribution in [-0.4, -0.2) is 24.0 Å². The molecule has 2 heterocycles. The Kier molecular flexibility index (Phi) is 5.67. The van der Waals surface area contributed by atoms with Gasteiger partial charge in [-0.2, -0.15) is 0 Å². The van der Waals surface area contributed by atoms with Gasteiger partial charge in [-0.25, -0.2) is 0 Å². The van der Waals surface area contributed by atoms with E-state index in [0.717, 1.165) is 30.7 Å². The van der Waals surface area contributed by atoms with E-state index >= 15 is 0 Å². The molecule has 1 fully saturated rings. The van der Waals surface area contributed by atoms with Gasteiger partial charge in [0.15, 0.2) is 0 Å². The first-order valence-electron chi connectivity index (χ1n) is 8.06. The van der Waals surface area contributed by atoms with E-state index in [1.807, 2.05) is 6.26 Å². The van der Waals surface area contributed by atoms with Crippen molar-refractivity contribution in [1.82, 2.24) is 10.2 Å². The number of rotatable bonds is 6. The summed E-state index contributed by atoms with van der Waals surface area (Å²) in [5.74, 6) is 2.84. The van der Waals surface area contributed by atoms with Crippen molar-refractivity contribution in [2.24, 2.45) is 11.8 Å². The van der Waals surface area contributed by atoms with Crippen molar-refractivity contribution in [3.05, 3.63) is 23.7 Å². The van der Waals surface area contributed by atoms with Gasteiger partial charge in [0.25, 0.3) is 0 Å². The number of hydrogen-bond acceptors (Lipinski definition) is 3. The minimum absolute atomic E-state index is 0.517. The van der Waals surface area contributed by atoms with E-state index in [0.29, 0.717) is 6.04 Å². The summed E-state index contributed by atoms with van der Waals surface area (Å²) in [6, 6.07) is 2.72. The third-order valence-electron chi connectivity index (χ3n) is 4.38. The molecule has 1 aliphatic rings. The smallest absolute Gasteiger partial charge is 0.118 e. The molecule has 20 heavy (non-hydrogen) atoms. The molecule has 1 aliphatic heterocycles. The highest BCUT2D eigenvalue weighted by molar-refractivity contribution is 5.12. The Bertz CT molecular complexity index is 389. The number of likely N-dealkylation sites (tertiary alicyclic amines) is 1. The van der Waals surface area contributed by atoms with Crippen LogP contribution in [0.1, 0.15) is 51.9 Å². The first-order chi connectivity index (χ1) is 9.54. The Morgan fingerprint density at radius 1 is 1.25 bits per heavy atom. The minimum atomic E-state index is 0.517. The largest absolute Gasteiger partial charge is 0.468 e. The summed E-state index contributed by atoms with van der Waals surface area (Å²) in [6.45, 7) is 13.3. The van der Waals surface area contributed by atoms with Crippen LogP contribution >= 0.6 is 0 Å². The third-order valence-corrected chi connectivity index (χ3v) is 4.38. The van der Waals surface area contributed by atoms with Crippen LogP contribution in [0.2, 0.25) is 0 Å². The van der Waals surface area contributed by atoms with Crippen LogP contribution in [0.3, 0.4) is 0 Å². The lowest BCUT2D eigenvalue weighted by molar-refractivity contribution is 0.144. The van der Waals surface area contributed by atoms with Gasteiger partial charge < -0.3 is 9.73 Å². The summed E-state index contributed by atoms with van der Waals surface area (Å²) in [7, 11) is 0. The second-order valence-electron chi connectivity index (χ2n) is 6.81. The summed E-state index contributed by atoms with van der Waals surface area (Å²) in [5, 5.41) is 3.42. The maximum atomic E-state index is 5.69. The average molecular weight is 278 g/mol. The maximum absolute atomic E-state index is 5.69. The summed E-state index contributed by atoms with van der Waals surface area (Å²) in [5.41, 5.74) is 1.26. The number of hydrogen-bond donors (Lipinski definition) is 1. The van der Waals surface area contributed by atoms with E-state index in [4.69, 9.17) is 4.42 Å². The van der Waals surface area contributed by atoms with Gasteiger partial charge in [-0.1, -0.05) is 27.7 Å². The van der Waals surface area contributed by atoms with Crippen molar-refractivity contribution in [3.8, 4) is 0 Å². The van der Waals surface area contributed by atoms with E-state index in [2.05, 4.69) is 44.0 Å². The van der Waals surface area contributed by atoms with E-state index in [-0.39, 0.29) is 0 Å². The van der Waals surface area contributed by atoms with E-state index in [1.54, 1.807) is 0 Å². The zero-order chi connectivity index (χ0) is 14.5. The van der Waals surface area contributed by atoms with E-state index in [1.165, 1.54) is 31.5 Å². The Balaban J connectivity index is 1.77. The molecular weight excluding hydrogens is 248 g/mol. The van der Waals surface area contributed by atoms with Crippen LogP contribution in [0.5, 0.6) is 0 Å². The van der Waals surface area contributed by atoms with Gasteiger partial charge in [0.1, 0.15) is 5.76 Å². The van der Waals surface area contributed by atoms with Gasteiger partial charge in [0.2, 0.25) is 0 Å². The molecule has 0 spiro atoms. The van der Waals surface area contributed by atoms with Crippen molar-refractivity contribution in [1.29, 1.82) is 0 Å². The van der Waals surface area contributed by atoms with Crippen LogP contribution in [0, 0.1) is 11.8 Å². The standard InChI is InChI=1S/C17H30N2O/c1-13(2)16-5-7-19(8-6-16)11-17-9-15(12-20-17)10-18-14(3)4/h9,12-14,16,18H,5-8,10-11H2,1-4H3. The highest BCUT2D eigenvalue weighted by Crippen LogP contribution is 2.25. The summed E-state index contributed by atoms with van der Waals surface area (Å²) >= 11 is 0. The third kappa shape index (κ3) is 4.64. The zero-order valence-corrected chi connectivity index (χ0v) is 13.5. The molecule has 1 N–H and O–H groups in total. The molecule has 0 radical (unpaired) electrons. The predicted molar refractivity (Wildman–Crippen MR) is 83.5 cm³/mol. The van der Waals surface area contributed by atoms with Gasteiger partial charge >= 0.3 is 0 Å². The van der Waals surface area contributed by atoms with Crippen LogP contribution in [0.15, 0.2) is 16.7 Å². The molecule has 0 aromatic carbocycles. The molecular formula is C17H30N2O. The first kappa shape index (κ1) is 15.6. The van der Waals surface area contributed by atoms with Crippen LogP contribution in [0.25, 0.3) is 0 Å². The van der Waals surface area contributed by atoms with Crippen LogP contribution in [-0.2, 0) is 13.1 Å². The summed E-state index contributed by atoms with van der Waals surface area (Å²) in [4.78, 5) is 2.53. The van der Waals surface area contributed by atoms with Gasteiger partial charge in [-0.05, 0) is 43.8 Å². The Labute approximate surface area is 123 Å². The number of nitrogens with one attached hydrogen (secondary N) is 1. The van der Waals surface area contributed by atoms with Crippen LogP contribution < -0.4 is 5.32 Å². The molecule has 0 bridgehead atoms. The molecule has 3 nitrogen and oxygen atoms in total. The maximum Gasteiger partial charge on any atom is 0.118 e. The lowest BCUT2D eigenvalue weighted by Crippen LogP contribution is -2.34. The van der Waals surface area contributed by atoms with Gasteiger partial charge in [0.05, 0.1) is 12.8 Å². The topological polar surface area (TPSA) is 28.4 Å². The van der Waals surface area contributed by atoms with Gasteiger partial charge in [-0.3, -0.25) is 4.90 Å². The molecule has 0 unspecified atom stereocenters. The first-order valence-corrected chi connectivity index (χ1v) is 8.06. The quantitative estimate of drug-likeness (QED) is 0.861. The molecule has 0 amide bonds. The monoisotopic (exact) mass is 278 g/mol. The molecule has 1 aromatic rings. The molecule has 114 valence electrons. The van der Waals surface area contributed by atoms with Crippen LogP contribution in [0.4, 0.5) is 0 Å². The lowest BCUT2D eigenvalue weighted by atomic mass is 9.87. The van der Waals surface area contributed by atoms with Crippen molar-refractivity contribution < 1.29 is 4.42 Å². The average Bonchev–Trinajstić information content (AvgIpc) is 2.84. The van der Waals surface area contributed by atoms with Crippen molar-refractivity contribution >= 4 is 0 Å². The fourth-order valence-corrected chi connectivity index (χ4v) is 2.92. The summed E-state index contributed by atoms with van der Waals surface area (Å²) in [6.07, 6.45) is 4.56. The highest BCUT2D eigenvalue weighted by atomic mass is 16.3. The molecule has 3 heteroatoms. The van der Waals surface area contributed by atoms with E-state index < -0.39 is 0 Å². The minimum Gasteiger partial charge on any atom is -0.468 e. The van der Waals surface area contributed by atoms with Crippen molar-refractivity contribution in [2.45, 2.75) is 59.7 Å². The number of piperidine rings is 1. The Morgan fingerprint density at radius 3 is 2.55 bits per heavy atom. The van der Waals surface area contributed by atoms with Crippen molar-refractivity contribution in [3.63, 3.8) is 0 Å². The van der Waals surface area contributed by atoms with E-state index in [9.17, 15) is 0 Å². The highest BCUT2D eigenvalue weighted by Gasteiger charge is 2.22. The molecule has 1 saturated heterocycles. The number of nitrogens with zero attached hydrogens (tertiary/aromatic N) is 1. The second kappa shape index (κ2) is 7.28. The van der Waals surface area contributed by atoms with Gasteiger partial charge in [0, 0.05) is 18.2 Å². The molecule has 0 aliphatic carbocycles. The molecule has 1 aromatic heterocycles. The SMILES string of the molecule is CC(C)NCc1coc(CN2CCC(C(C)C)CC2)c1. The molecule has 2 rings (SSSR count). The molecule has 0 atom stereocenters. The lowest BCUT2D eigenvalue weighted by Gasteiger charge is -2.33. The number of furan rings is 1. The predicted octanol–water partition coefficient (Wildman–Crippen LogP) is 3.65. The zero-order valence-electron chi connectivity index (χ0n) is 13.5. The normalized spacial score (nSPS) is 18.3. The molecule has 0 saturated carbocycles. The van der Waals surface area contributed by atoms with Gasteiger partial charge in [-0.15, -0.1) is 0 Å². The fraction of sp³-hybridized carbons (Fsp3) is 0.765.